The van der Waals surface area contributed by atoms with E-state index in [1.165, 1.54) is 0 Å². The third-order valence-electron chi connectivity index (χ3n) is 4.33. The molecule has 3 aromatic heterocycles. The smallest absolute Gasteiger partial charge is 0.159 e. The summed E-state index contributed by atoms with van der Waals surface area (Å²) in [6.07, 6.45) is 6.66. The van der Waals surface area contributed by atoms with Crippen LogP contribution in [0.15, 0.2) is 77.7 Å². The molecule has 0 atom stereocenters. The number of anilines is 1. The Hall–Kier alpha value is -3.71. The molecule has 0 aliphatic heterocycles. The van der Waals surface area contributed by atoms with Gasteiger partial charge in [0, 0.05) is 23.3 Å². The van der Waals surface area contributed by atoms with Gasteiger partial charge in [-0.1, -0.05) is 36.4 Å². The first-order valence-electron chi connectivity index (χ1n) is 8.66. The minimum Gasteiger partial charge on any atom is -0.261 e. The maximum atomic E-state index is 4.39. The van der Waals surface area contributed by atoms with Crippen molar-refractivity contribution < 1.29 is 0 Å². The van der Waals surface area contributed by atoms with Crippen molar-refractivity contribution in [1.29, 1.82) is 0 Å². The highest BCUT2D eigenvalue weighted by Gasteiger charge is 2.12. The zero-order valence-electron chi connectivity index (χ0n) is 14.6. The monoisotopic (exact) mass is 382 g/mol. The Bertz CT molecular complexity index is 1300. The van der Waals surface area contributed by atoms with Crippen molar-refractivity contribution in [3.8, 4) is 11.1 Å². The third kappa shape index (κ3) is 3.08. The Morgan fingerprint density at radius 1 is 0.893 bits per heavy atom. The van der Waals surface area contributed by atoms with Crippen molar-refractivity contribution >= 4 is 44.6 Å². The Labute approximate surface area is 164 Å². The number of thiophene rings is 1. The summed E-state index contributed by atoms with van der Waals surface area (Å²) in [7, 11) is 0. The average Bonchev–Trinajstić information content (AvgIpc) is 3.19. The molecule has 0 aliphatic rings. The van der Waals surface area contributed by atoms with Gasteiger partial charge in [0.15, 0.2) is 5.82 Å². The molecule has 1 N–H and O–H groups in total. The first-order valence-corrected chi connectivity index (χ1v) is 9.54. The van der Waals surface area contributed by atoms with Gasteiger partial charge < -0.3 is 0 Å². The fraction of sp³-hybridized carbons (Fsp3) is 0. The molecule has 2 aromatic carbocycles. The number of hydrogen-bond donors (Lipinski definition) is 1. The molecule has 0 amide bonds. The number of hydrazone groups is 1. The Morgan fingerprint density at radius 3 is 2.64 bits per heavy atom. The highest BCUT2D eigenvalue weighted by atomic mass is 32.1. The summed E-state index contributed by atoms with van der Waals surface area (Å²) in [6.45, 7) is 0. The molecule has 0 aliphatic carbocycles. The van der Waals surface area contributed by atoms with E-state index in [9.17, 15) is 0 Å². The van der Waals surface area contributed by atoms with Gasteiger partial charge in [-0.3, -0.25) is 15.4 Å². The fourth-order valence-electron chi connectivity index (χ4n) is 3.02. The largest absolute Gasteiger partial charge is 0.261 e. The number of rotatable bonds is 4. The summed E-state index contributed by atoms with van der Waals surface area (Å²) in [5.74, 6) is 0.682. The van der Waals surface area contributed by atoms with Crippen LogP contribution in [0.25, 0.3) is 32.4 Å². The van der Waals surface area contributed by atoms with Crippen molar-refractivity contribution in [2.45, 2.75) is 0 Å². The Kier molecular flexibility index (Phi) is 4.19. The van der Waals surface area contributed by atoms with E-state index in [1.54, 1.807) is 36.3 Å². The molecule has 0 radical (unpaired) electrons. The standard InChI is InChI=1S/C21H14N6S/c1-2-4-15(5-3-1)16-12-28-21-19(16)20(24-13-25-21)27-26-11-14-6-7-17-18(10-14)23-9-8-22-17/h1-13H,(H,24,25,27)/b26-11-. The van der Waals surface area contributed by atoms with Crippen LogP contribution in [-0.2, 0) is 0 Å². The molecule has 0 spiro atoms. The van der Waals surface area contributed by atoms with Gasteiger partial charge in [-0.25, -0.2) is 9.97 Å². The number of nitrogens with one attached hydrogen (secondary N) is 1. The minimum atomic E-state index is 0.682. The van der Waals surface area contributed by atoms with Crippen LogP contribution >= 0.6 is 11.3 Å². The van der Waals surface area contributed by atoms with Crippen LogP contribution in [0.4, 0.5) is 5.82 Å². The van der Waals surface area contributed by atoms with Gasteiger partial charge in [0.2, 0.25) is 0 Å². The Balaban J connectivity index is 1.48. The number of hydrogen-bond acceptors (Lipinski definition) is 7. The molecular formula is C21H14N6S. The van der Waals surface area contributed by atoms with Crippen LogP contribution in [-0.4, -0.2) is 26.2 Å². The van der Waals surface area contributed by atoms with Crippen molar-refractivity contribution in [1.82, 2.24) is 19.9 Å². The van der Waals surface area contributed by atoms with E-state index in [-0.39, 0.29) is 0 Å². The van der Waals surface area contributed by atoms with Crippen LogP contribution in [0.3, 0.4) is 0 Å². The maximum absolute atomic E-state index is 4.39. The Morgan fingerprint density at radius 2 is 1.75 bits per heavy atom. The molecule has 5 rings (SSSR count). The topological polar surface area (TPSA) is 76.0 Å². The SMILES string of the molecule is C(=N/Nc1ncnc2scc(-c3ccccc3)c12)/c1ccc2nccnc2c1. The summed E-state index contributed by atoms with van der Waals surface area (Å²) < 4.78 is 0. The molecule has 0 unspecified atom stereocenters. The van der Waals surface area contributed by atoms with E-state index in [1.807, 2.05) is 36.4 Å². The van der Waals surface area contributed by atoms with Gasteiger partial charge in [-0.2, -0.15) is 5.10 Å². The average molecular weight is 382 g/mol. The van der Waals surface area contributed by atoms with Crippen LogP contribution in [0.5, 0.6) is 0 Å². The van der Waals surface area contributed by atoms with Gasteiger partial charge in [0.25, 0.3) is 0 Å². The first-order chi connectivity index (χ1) is 13.9. The zero-order valence-corrected chi connectivity index (χ0v) is 15.5. The second-order valence-corrected chi connectivity index (χ2v) is 6.95. The summed E-state index contributed by atoms with van der Waals surface area (Å²) in [4.78, 5) is 18.3. The number of benzene rings is 2. The minimum absolute atomic E-state index is 0.682. The van der Waals surface area contributed by atoms with E-state index >= 15 is 0 Å². The van der Waals surface area contributed by atoms with Crippen molar-refractivity contribution in [2.24, 2.45) is 5.10 Å². The molecule has 0 bridgehead atoms. The van der Waals surface area contributed by atoms with Crippen LogP contribution < -0.4 is 5.43 Å². The van der Waals surface area contributed by atoms with E-state index < -0.39 is 0 Å². The van der Waals surface area contributed by atoms with Crippen LogP contribution in [0.1, 0.15) is 5.56 Å². The summed E-state index contributed by atoms with van der Waals surface area (Å²) in [5.41, 5.74) is 7.92. The highest BCUT2D eigenvalue weighted by Crippen LogP contribution is 2.36. The summed E-state index contributed by atoms with van der Waals surface area (Å²) >= 11 is 1.60. The van der Waals surface area contributed by atoms with Gasteiger partial charge >= 0.3 is 0 Å². The van der Waals surface area contributed by atoms with Crippen LogP contribution in [0.2, 0.25) is 0 Å². The molecular weight excluding hydrogens is 368 g/mol. The molecule has 134 valence electrons. The summed E-state index contributed by atoms with van der Waals surface area (Å²) in [5, 5.41) is 7.45. The second kappa shape index (κ2) is 7.13. The first kappa shape index (κ1) is 16.5. The molecule has 3 heterocycles. The van der Waals surface area contributed by atoms with E-state index in [0.717, 1.165) is 37.9 Å². The lowest BCUT2D eigenvalue weighted by atomic mass is 10.1. The molecule has 0 fully saturated rings. The lowest BCUT2D eigenvalue weighted by Crippen LogP contribution is -1.96. The normalized spacial score (nSPS) is 11.4. The maximum Gasteiger partial charge on any atom is 0.159 e. The van der Waals surface area contributed by atoms with Gasteiger partial charge in [0.05, 0.1) is 22.6 Å². The fourth-order valence-corrected chi connectivity index (χ4v) is 3.93. The van der Waals surface area contributed by atoms with Crippen molar-refractivity contribution in [2.75, 3.05) is 5.43 Å². The van der Waals surface area contributed by atoms with Gasteiger partial charge in [-0.05, 0) is 23.3 Å². The lowest BCUT2D eigenvalue weighted by molar-refractivity contribution is 1.19. The van der Waals surface area contributed by atoms with Crippen LogP contribution in [0, 0.1) is 0 Å². The number of aromatic nitrogens is 4. The number of fused-ring (bicyclic) bond motifs is 2. The molecule has 7 heteroatoms. The second-order valence-electron chi connectivity index (χ2n) is 6.09. The van der Waals surface area contributed by atoms with E-state index in [4.69, 9.17) is 0 Å². The predicted octanol–water partition coefficient (Wildman–Crippen LogP) is 4.75. The lowest BCUT2D eigenvalue weighted by Gasteiger charge is -2.04. The van der Waals surface area contributed by atoms with E-state index in [2.05, 4.69) is 48.0 Å². The van der Waals surface area contributed by atoms with Crippen molar-refractivity contribution in [3.05, 3.63) is 78.2 Å². The highest BCUT2D eigenvalue weighted by molar-refractivity contribution is 7.17. The van der Waals surface area contributed by atoms with Crippen molar-refractivity contribution in [3.63, 3.8) is 0 Å². The molecule has 6 nitrogen and oxygen atoms in total. The predicted molar refractivity (Wildman–Crippen MR) is 114 cm³/mol. The van der Waals surface area contributed by atoms with Gasteiger partial charge in [-0.15, -0.1) is 11.3 Å². The quantitative estimate of drug-likeness (QED) is 0.359. The molecule has 5 aromatic rings. The summed E-state index contributed by atoms with van der Waals surface area (Å²) in [6, 6.07) is 16.0. The zero-order chi connectivity index (χ0) is 18.8. The van der Waals surface area contributed by atoms with Gasteiger partial charge in [0.1, 0.15) is 11.2 Å². The molecule has 0 saturated heterocycles. The molecule has 0 saturated carbocycles. The molecule has 28 heavy (non-hydrogen) atoms. The number of nitrogens with zero attached hydrogens (tertiary/aromatic N) is 5. The third-order valence-corrected chi connectivity index (χ3v) is 5.22. The van der Waals surface area contributed by atoms with E-state index in [0.29, 0.717) is 5.82 Å².